The summed E-state index contributed by atoms with van der Waals surface area (Å²) in [5.74, 6) is 1.00. The van der Waals surface area contributed by atoms with E-state index in [1.54, 1.807) is 46.4 Å². The molecule has 0 atom stereocenters. The molecule has 0 unspecified atom stereocenters. The number of rotatable bonds is 11. The number of nitrogens with one attached hydrogen (secondary N) is 1. The monoisotopic (exact) mass is 507 g/mol. The fourth-order valence-corrected chi connectivity index (χ4v) is 3.25. The van der Waals surface area contributed by atoms with Gasteiger partial charge in [-0.05, 0) is 57.7 Å². The van der Waals surface area contributed by atoms with Gasteiger partial charge in [0.25, 0.3) is 0 Å². The molecule has 0 aliphatic heterocycles. The molecule has 0 spiro atoms. The van der Waals surface area contributed by atoms with E-state index < -0.39 is 17.4 Å². The van der Waals surface area contributed by atoms with E-state index in [0.717, 1.165) is 18.9 Å². The third-order valence-corrected chi connectivity index (χ3v) is 5.21. The fraction of sp³-hybridized carbons (Fsp3) is 0.400. The highest BCUT2D eigenvalue weighted by atomic mass is 19.4. The van der Waals surface area contributed by atoms with Gasteiger partial charge in [0.05, 0.1) is 25.0 Å². The molecule has 0 amide bonds. The average Bonchev–Trinajstić information content (AvgIpc) is 3.59. The number of hydrogen-bond acceptors (Lipinski definition) is 7. The highest BCUT2D eigenvalue weighted by Crippen LogP contribution is 2.45. The molecule has 0 heterocycles. The largest absolute Gasteiger partial charge is 0.493 e. The minimum atomic E-state index is -4.63. The van der Waals surface area contributed by atoms with E-state index in [1.807, 2.05) is 0 Å². The quantitative estimate of drug-likeness (QED) is 0.254. The van der Waals surface area contributed by atoms with Crippen LogP contribution < -0.4 is 20.5 Å². The number of methoxy groups -OCH3 is 2. The van der Waals surface area contributed by atoms with Crippen molar-refractivity contribution in [2.45, 2.75) is 38.5 Å². The summed E-state index contributed by atoms with van der Waals surface area (Å²) in [5, 5.41) is 3.04. The number of benzene rings is 1. The van der Waals surface area contributed by atoms with Crippen LogP contribution in [-0.2, 0) is 4.74 Å². The van der Waals surface area contributed by atoms with Gasteiger partial charge in [0.1, 0.15) is 17.3 Å². The molecular formula is C25H32F3N5O3. The molecule has 1 aromatic carbocycles. The second-order valence-electron chi connectivity index (χ2n) is 8.02. The van der Waals surface area contributed by atoms with Crippen LogP contribution in [0.3, 0.4) is 0 Å². The molecule has 1 fully saturated rings. The van der Waals surface area contributed by atoms with Crippen LogP contribution in [0.1, 0.15) is 32.3 Å². The van der Waals surface area contributed by atoms with Crippen molar-refractivity contribution in [3.05, 3.63) is 53.0 Å². The Morgan fingerprint density at radius 2 is 1.92 bits per heavy atom. The van der Waals surface area contributed by atoms with Gasteiger partial charge in [0.15, 0.2) is 11.5 Å². The van der Waals surface area contributed by atoms with Gasteiger partial charge in [-0.2, -0.15) is 13.2 Å². The zero-order valence-electron chi connectivity index (χ0n) is 21.1. The van der Waals surface area contributed by atoms with Gasteiger partial charge in [0, 0.05) is 37.7 Å². The molecule has 0 radical (unpaired) electrons. The zero-order valence-corrected chi connectivity index (χ0v) is 21.1. The Morgan fingerprint density at radius 1 is 1.22 bits per heavy atom. The molecule has 3 N–H and O–H groups in total. The maximum absolute atomic E-state index is 13.4. The Labute approximate surface area is 209 Å². The van der Waals surface area contributed by atoms with Crippen molar-refractivity contribution in [3.8, 4) is 11.5 Å². The van der Waals surface area contributed by atoms with E-state index in [9.17, 15) is 13.2 Å². The first-order chi connectivity index (χ1) is 17.0. The summed E-state index contributed by atoms with van der Waals surface area (Å²) in [5.41, 5.74) is 5.50. The third kappa shape index (κ3) is 7.70. The third-order valence-electron chi connectivity index (χ3n) is 5.21. The van der Waals surface area contributed by atoms with Gasteiger partial charge in [0.2, 0.25) is 0 Å². The molecule has 1 saturated carbocycles. The Kier molecular flexibility index (Phi) is 9.85. The maximum Gasteiger partial charge on any atom is 0.416 e. The van der Waals surface area contributed by atoms with Crippen molar-refractivity contribution in [3.63, 3.8) is 0 Å². The topological polar surface area (TPSA) is 103 Å². The minimum Gasteiger partial charge on any atom is -0.493 e. The molecule has 196 valence electrons. The summed E-state index contributed by atoms with van der Waals surface area (Å²) in [4.78, 5) is 12.0. The SMILES string of the molecule is C=N\C(N)=C/C(=C\C=C(/C)N/C(=N/C)c1cc(OC2(COC)CC2)c(OC)cc1/N=C/C)C(F)(F)F. The number of nitrogens with two attached hydrogens (primary N) is 1. The smallest absolute Gasteiger partial charge is 0.416 e. The van der Waals surface area contributed by atoms with Crippen molar-refractivity contribution >= 4 is 24.5 Å². The number of nitrogens with zero attached hydrogens (tertiary/aromatic N) is 3. The second kappa shape index (κ2) is 12.4. The standard InChI is InChI=1S/C25H32F3N5O3/c1-7-32-19-14-20(35-6)21(36-24(10-11-24)15-34-5)13-18(19)23(31-4)33-16(2)8-9-17(25(26,27)28)12-22(29)30-3/h7-9,12-14H,3,10-11,15,29H2,1-2,4-6H3,(H,31,33)/b16-8+,17-9+,22-12-,32-7+. The predicted octanol–water partition coefficient (Wildman–Crippen LogP) is 4.83. The lowest BCUT2D eigenvalue weighted by Gasteiger charge is -2.21. The molecular weight excluding hydrogens is 475 g/mol. The molecule has 0 aromatic heterocycles. The number of halogens is 3. The van der Waals surface area contributed by atoms with Crippen LogP contribution in [-0.4, -0.2) is 58.4 Å². The van der Waals surface area contributed by atoms with Crippen LogP contribution in [0, 0.1) is 0 Å². The van der Waals surface area contributed by atoms with Crippen molar-refractivity contribution in [1.29, 1.82) is 0 Å². The summed E-state index contributed by atoms with van der Waals surface area (Å²) in [6.07, 6.45) is 1.55. The van der Waals surface area contributed by atoms with Crippen molar-refractivity contribution < 1.29 is 27.4 Å². The Hall–Kier alpha value is -3.60. The van der Waals surface area contributed by atoms with Crippen LogP contribution in [0.15, 0.2) is 62.4 Å². The van der Waals surface area contributed by atoms with Gasteiger partial charge < -0.3 is 25.3 Å². The normalized spacial score (nSPS) is 16.8. The van der Waals surface area contributed by atoms with Gasteiger partial charge >= 0.3 is 6.18 Å². The number of allylic oxidation sites excluding steroid dienone is 5. The molecule has 1 aliphatic carbocycles. The van der Waals surface area contributed by atoms with Crippen LogP contribution in [0.25, 0.3) is 0 Å². The Balaban J connectivity index is 2.46. The van der Waals surface area contributed by atoms with E-state index in [0.29, 0.717) is 47.0 Å². The number of aliphatic imine (C=N–C) groups is 3. The maximum atomic E-state index is 13.4. The summed E-state index contributed by atoms with van der Waals surface area (Å²) in [7, 11) is 4.71. The lowest BCUT2D eigenvalue weighted by atomic mass is 10.1. The molecule has 2 rings (SSSR count). The number of amidine groups is 1. The first kappa shape index (κ1) is 28.6. The summed E-state index contributed by atoms with van der Waals surface area (Å²) in [6.45, 7) is 6.94. The Morgan fingerprint density at radius 3 is 2.42 bits per heavy atom. The van der Waals surface area contributed by atoms with Gasteiger partial charge in [-0.3, -0.25) is 9.98 Å². The highest BCUT2D eigenvalue weighted by molar-refractivity contribution is 6.05. The van der Waals surface area contributed by atoms with Gasteiger partial charge in [-0.15, -0.1) is 0 Å². The summed E-state index contributed by atoms with van der Waals surface area (Å²) in [6, 6.07) is 3.46. The lowest BCUT2D eigenvalue weighted by molar-refractivity contribution is -0.0882. The molecule has 0 bridgehead atoms. The number of ether oxygens (including phenoxy) is 3. The van der Waals surface area contributed by atoms with Gasteiger partial charge in [-0.25, -0.2) is 4.99 Å². The fourth-order valence-electron chi connectivity index (χ4n) is 3.25. The molecule has 1 aliphatic rings. The molecule has 8 nitrogen and oxygen atoms in total. The van der Waals surface area contributed by atoms with E-state index >= 15 is 0 Å². The number of hydrogen-bond donors (Lipinski definition) is 2. The predicted molar refractivity (Wildman–Crippen MR) is 137 cm³/mol. The van der Waals surface area contributed by atoms with E-state index in [2.05, 4.69) is 27.0 Å². The van der Waals surface area contributed by atoms with Crippen molar-refractivity contribution in [2.75, 3.05) is 27.9 Å². The molecule has 11 heteroatoms. The zero-order chi connectivity index (χ0) is 26.9. The summed E-state index contributed by atoms with van der Waals surface area (Å²) >= 11 is 0. The highest BCUT2D eigenvalue weighted by Gasteiger charge is 2.46. The van der Waals surface area contributed by atoms with Crippen molar-refractivity contribution in [1.82, 2.24) is 5.32 Å². The van der Waals surface area contributed by atoms with Crippen LogP contribution >= 0.6 is 0 Å². The lowest BCUT2D eigenvalue weighted by Crippen LogP contribution is -2.26. The Bertz CT molecular complexity index is 1100. The van der Waals surface area contributed by atoms with Crippen LogP contribution in [0.5, 0.6) is 11.5 Å². The van der Waals surface area contributed by atoms with E-state index in [1.165, 1.54) is 13.2 Å². The molecule has 36 heavy (non-hydrogen) atoms. The van der Waals surface area contributed by atoms with Gasteiger partial charge in [-0.1, -0.05) is 0 Å². The number of alkyl halides is 3. The van der Waals surface area contributed by atoms with E-state index in [4.69, 9.17) is 19.9 Å². The van der Waals surface area contributed by atoms with Crippen molar-refractivity contribution in [2.24, 2.45) is 20.7 Å². The minimum absolute atomic E-state index is 0.344. The first-order valence-electron chi connectivity index (χ1n) is 11.0. The van der Waals surface area contributed by atoms with E-state index in [-0.39, 0.29) is 5.82 Å². The summed E-state index contributed by atoms with van der Waals surface area (Å²) < 4.78 is 57.1. The first-order valence-corrected chi connectivity index (χ1v) is 11.0. The molecule has 1 aromatic rings. The van der Waals surface area contributed by atoms with Crippen LogP contribution in [0.4, 0.5) is 18.9 Å². The molecule has 0 saturated heterocycles. The van der Waals surface area contributed by atoms with Crippen LogP contribution in [0.2, 0.25) is 0 Å². The second-order valence-corrected chi connectivity index (χ2v) is 8.02. The average molecular weight is 508 g/mol.